The molecule has 0 aliphatic heterocycles. The van der Waals surface area contributed by atoms with Crippen molar-refractivity contribution in [1.29, 1.82) is 0 Å². The predicted octanol–water partition coefficient (Wildman–Crippen LogP) is 1.77. The fourth-order valence-electron chi connectivity index (χ4n) is 1.29. The lowest BCUT2D eigenvalue weighted by molar-refractivity contribution is 0.111. The number of carbonyl (C=O) groups is 1. The number of benzene rings is 1. The third-order valence-electron chi connectivity index (χ3n) is 2.06. The van der Waals surface area contributed by atoms with E-state index in [1.165, 1.54) is 6.39 Å². The highest BCUT2D eigenvalue weighted by Crippen LogP contribution is 2.18. The van der Waals surface area contributed by atoms with E-state index in [9.17, 15) is 4.79 Å². The van der Waals surface area contributed by atoms with Crippen LogP contribution in [0, 0.1) is 6.92 Å². The van der Waals surface area contributed by atoms with Gasteiger partial charge in [-0.3, -0.25) is 4.79 Å². The zero-order valence-corrected chi connectivity index (χ0v) is 8.71. The first-order valence-corrected chi connectivity index (χ1v) is 4.73. The molecule has 0 saturated heterocycles. The van der Waals surface area contributed by atoms with E-state index in [-0.39, 0.29) is 6.61 Å². The van der Waals surface area contributed by atoms with Gasteiger partial charge in [0.25, 0.3) is 0 Å². The van der Waals surface area contributed by atoms with Crippen molar-refractivity contribution < 1.29 is 14.1 Å². The summed E-state index contributed by atoms with van der Waals surface area (Å²) in [6, 6.07) is 5.39. The normalized spacial score (nSPS) is 10.1. The number of carbonyl (C=O) groups excluding carboxylic acids is 1. The van der Waals surface area contributed by atoms with Crippen molar-refractivity contribution in [3.63, 3.8) is 0 Å². The van der Waals surface area contributed by atoms with Gasteiger partial charge in [-0.25, -0.2) is 0 Å². The van der Waals surface area contributed by atoms with Crippen LogP contribution in [0.4, 0.5) is 0 Å². The van der Waals surface area contributed by atoms with E-state index in [0.717, 1.165) is 11.8 Å². The van der Waals surface area contributed by atoms with Crippen LogP contribution in [0.15, 0.2) is 29.1 Å². The highest BCUT2D eigenvalue weighted by Gasteiger charge is 2.05. The van der Waals surface area contributed by atoms with Gasteiger partial charge in [0.15, 0.2) is 12.9 Å². The van der Waals surface area contributed by atoms with Crippen molar-refractivity contribution in [2.24, 2.45) is 0 Å². The predicted molar refractivity (Wildman–Crippen MR) is 55.2 cm³/mol. The van der Waals surface area contributed by atoms with E-state index in [0.29, 0.717) is 17.1 Å². The molecule has 0 amide bonds. The lowest BCUT2D eigenvalue weighted by Crippen LogP contribution is -2.00. The average Bonchev–Trinajstić information content (AvgIpc) is 2.80. The van der Waals surface area contributed by atoms with Crippen molar-refractivity contribution in [3.05, 3.63) is 41.5 Å². The molecular formula is C11H10N2O3. The molecule has 0 aliphatic carbocycles. The summed E-state index contributed by atoms with van der Waals surface area (Å²) in [6.45, 7) is 2.09. The second-order valence-electron chi connectivity index (χ2n) is 3.30. The monoisotopic (exact) mass is 218 g/mol. The lowest BCUT2D eigenvalue weighted by atomic mass is 10.1. The van der Waals surface area contributed by atoms with E-state index in [1.54, 1.807) is 12.1 Å². The Morgan fingerprint density at radius 1 is 1.50 bits per heavy atom. The van der Waals surface area contributed by atoms with Gasteiger partial charge in [0.2, 0.25) is 12.2 Å². The Morgan fingerprint density at radius 2 is 2.38 bits per heavy atom. The van der Waals surface area contributed by atoms with E-state index in [2.05, 4.69) is 14.7 Å². The Kier molecular flexibility index (Phi) is 2.95. The molecule has 0 saturated carbocycles. The molecule has 1 aromatic heterocycles. The molecule has 1 heterocycles. The fraction of sp³-hybridized carbons (Fsp3) is 0.182. The smallest absolute Gasteiger partial charge is 0.213 e. The molecule has 1 aromatic carbocycles. The molecule has 0 spiro atoms. The SMILES string of the molecule is Cc1ccc(OCc2ncon2)c(C=O)c1. The van der Waals surface area contributed by atoms with Crippen molar-refractivity contribution in [1.82, 2.24) is 10.1 Å². The molecule has 0 unspecified atom stereocenters. The van der Waals surface area contributed by atoms with Crippen molar-refractivity contribution in [3.8, 4) is 5.75 Å². The van der Waals surface area contributed by atoms with Gasteiger partial charge in [0.05, 0.1) is 5.56 Å². The second-order valence-corrected chi connectivity index (χ2v) is 3.30. The van der Waals surface area contributed by atoms with Gasteiger partial charge >= 0.3 is 0 Å². The highest BCUT2D eigenvalue weighted by atomic mass is 16.5. The number of hydrogen-bond donors (Lipinski definition) is 0. The zero-order chi connectivity index (χ0) is 11.4. The van der Waals surface area contributed by atoms with Gasteiger partial charge in [0.1, 0.15) is 5.75 Å². The lowest BCUT2D eigenvalue weighted by Gasteiger charge is -2.06. The molecule has 0 radical (unpaired) electrons. The van der Waals surface area contributed by atoms with Crippen LogP contribution in [0.2, 0.25) is 0 Å². The molecule has 82 valence electrons. The molecule has 16 heavy (non-hydrogen) atoms. The zero-order valence-electron chi connectivity index (χ0n) is 8.71. The molecular weight excluding hydrogens is 208 g/mol. The molecule has 5 nitrogen and oxygen atoms in total. The molecule has 0 N–H and O–H groups in total. The van der Waals surface area contributed by atoms with Gasteiger partial charge in [-0.05, 0) is 19.1 Å². The molecule has 0 atom stereocenters. The Labute approximate surface area is 92.0 Å². The number of aldehydes is 1. The maximum atomic E-state index is 10.8. The number of ether oxygens (including phenoxy) is 1. The van der Waals surface area contributed by atoms with Crippen LogP contribution in [0.1, 0.15) is 21.7 Å². The first kappa shape index (κ1) is 10.4. The van der Waals surface area contributed by atoms with E-state index in [1.807, 2.05) is 13.0 Å². The van der Waals surface area contributed by atoms with Crippen molar-refractivity contribution in [2.45, 2.75) is 13.5 Å². The van der Waals surface area contributed by atoms with E-state index >= 15 is 0 Å². The summed E-state index contributed by atoms with van der Waals surface area (Å²) in [5.74, 6) is 0.961. The number of nitrogens with zero attached hydrogens (tertiary/aromatic N) is 2. The minimum atomic E-state index is 0.181. The van der Waals surface area contributed by atoms with Gasteiger partial charge in [-0.1, -0.05) is 16.8 Å². The largest absolute Gasteiger partial charge is 0.485 e. The Hall–Kier alpha value is -2.17. The van der Waals surface area contributed by atoms with Crippen LogP contribution in [0.25, 0.3) is 0 Å². The summed E-state index contributed by atoms with van der Waals surface area (Å²) in [4.78, 5) is 14.6. The Morgan fingerprint density at radius 3 is 3.06 bits per heavy atom. The molecule has 2 rings (SSSR count). The van der Waals surface area contributed by atoms with Gasteiger partial charge < -0.3 is 9.26 Å². The highest BCUT2D eigenvalue weighted by molar-refractivity contribution is 5.79. The number of aryl methyl sites for hydroxylation is 1. The van der Waals surface area contributed by atoms with Crippen LogP contribution >= 0.6 is 0 Å². The summed E-state index contributed by atoms with van der Waals surface area (Å²) < 4.78 is 9.98. The third-order valence-corrected chi connectivity index (χ3v) is 2.06. The van der Waals surface area contributed by atoms with E-state index in [4.69, 9.17) is 4.74 Å². The van der Waals surface area contributed by atoms with Crippen molar-refractivity contribution in [2.75, 3.05) is 0 Å². The molecule has 2 aromatic rings. The molecule has 0 bridgehead atoms. The number of hydrogen-bond acceptors (Lipinski definition) is 5. The maximum Gasteiger partial charge on any atom is 0.213 e. The van der Waals surface area contributed by atoms with E-state index < -0.39 is 0 Å². The minimum absolute atomic E-state index is 0.181. The van der Waals surface area contributed by atoms with Crippen LogP contribution in [0.5, 0.6) is 5.75 Å². The van der Waals surface area contributed by atoms with Crippen molar-refractivity contribution >= 4 is 6.29 Å². The first-order valence-electron chi connectivity index (χ1n) is 4.73. The summed E-state index contributed by atoms with van der Waals surface area (Å²) >= 11 is 0. The first-order chi connectivity index (χ1) is 7.79. The molecule has 5 heteroatoms. The summed E-state index contributed by atoms with van der Waals surface area (Å²) in [6.07, 6.45) is 1.99. The van der Waals surface area contributed by atoms with Crippen LogP contribution < -0.4 is 4.74 Å². The topological polar surface area (TPSA) is 65.2 Å². The third kappa shape index (κ3) is 2.25. The summed E-state index contributed by atoms with van der Waals surface area (Å²) in [5.41, 5.74) is 1.53. The Bertz CT molecular complexity index is 480. The van der Waals surface area contributed by atoms with Crippen LogP contribution in [-0.4, -0.2) is 16.4 Å². The number of rotatable bonds is 4. The van der Waals surface area contributed by atoms with Gasteiger partial charge in [-0.15, -0.1) is 0 Å². The Balaban J connectivity index is 2.12. The minimum Gasteiger partial charge on any atom is -0.485 e. The maximum absolute atomic E-state index is 10.8. The fourth-order valence-corrected chi connectivity index (χ4v) is 1.29. The second kappa shape index (κ2) is 4.57. The van der Waals surface area contributed by atoms with Gasteiger partial charge in [0, 0.05) is 0 Å². The summed E-state index contributed by atoms with van der Waals surface area (Å²) in [5, 5.41) is 3.60. The standard InChI is InChI=1S/C11H10N2O3/c1-8-2-3-10(9(4-8)5-14)15-6-11-12-7-16-13-11/h2-5,7H,6H2,1H3. The number of aromatic nitrogens is 2. The van der Waals surface area contributed by atoms with Crippen LogP contribution in [0.3, 0.4) is 0 Å². The average molecular weight is 218 g/mol. The quantitative estimate of drug-likeness (QED) is 0.731. The van der Waals surface area contributed by atoms with Gasteiger partial charge in [-0.2, -0.15) is 4.98 Å². The molecule has 0 aliphatic rings. The van der Waals surface area contributed by atoms with Crippen LogP contribution in [-0.2, 0) is 6.61 Å². The summed E-state index contributed by atoms with van der Waals surface area (Å²) in [7, 11) is 0. The molecule has 0 fully saturated rings.